The number of halogens is 4. The van der Waals surface area contributed by atoms with E-state index >= 15 is 0 Å². The highest BCUT2D eigenvalue weighted by Gasteiger charge is 2.39. The molecule has 2 rings (SSSR count). The van der Waals surface area contributed by atoms with E-state index in [0.717, 1.165) is 11.0 Å². The normalized spacial score (nSPS) is 17.4. The molecule has 6 heteroatoms. The Morgan fingerprint density at radius 1 is 1.37 bits per heavy atom. The van der Waals surface area contributed by atoms with Gasteiger partial charge in [-0.3, -0.25) is 0 Å². The zero-order chi connectivity index (χ0) is 14.2. The topological polar surface area (TPSA) is 23.5 Å². The van der Waals surface area contributed by atoms with Crippen LogP contribution in [0.15, 0.2) is 18.2 Å². The van der Waals surface area contributed by atoms with Crippen molar-refractivity contribution in [2.24, 2.45) is 0 Å². The maximum Gasteiger partial charge on any atom is 0.405 e. The number of hydrogen-bond acceptors (Lipinski definition) is 2. The van der Waals surface area contributed by atoms with E-state index in [-0.39, 0.29) is 17.3 Å². The van der Waals surface area contributed by atoms with Crippen LogP contribution in [0.2, 0.25) is 0 Å². The summed E-state index contributed by atoms with van der Waals surface area (Å²) in [6, 6.07) is 3.71. The van der Waals surface area contributed by atoms with Crippen LogP contribution in [0, 0.1) is 5.82 Å². The van der Waals surface area contributed by atoms with Gasteiger partial charge >= 0.3 is 6.18 Å². The first-order valence-electron chi connectivity index (χ1n) is 6.09. The Morgan fingerprint density at radius 2 is 2.00 bits per heavy atom. The molecule has 1 aliphatic rings. The van der Waals surface area contributed by atoms with Crippen LogP contribution in [-0.4, -0.2) is 23.9 Å². The van der Waals surface area contributed by atoms with E-state index in [2.05, 4.69) is 0 Å². The molecule has 19 heavy (non-hydrogen) atoms. The first-order chi connectivity index (χ1) is 8.79. The van der Waals surface area contributed by atoms with Crippen molar-refractivity contribution in [1.82, 2.24) is 0 Å². The van der Waals surface area contributed by atoms with Crippen LogP contribution in [0.3, 0.4) is 0 Å². The van der Waals surface area contributed by atoms with Gasteiger partial charge in [0.05, 0.1) is 6.10 Å². The van der Waals surface area contributed by atoms with Crippen LogP contribution in [0.25, 0.3) is 0 Å². The number of hydrogen-bond donors (Lipinski definition) is 1. The minimum absolute atomic E-state index is 0.0707. The van der Waals surface area contributed by atoms with Gasteiger partial charge in [0.2, 0.25) is 0 Å². The summed E-state index contributed by atoms with van der Waals surface area (Å²) in [6.45, 7) is 0.224. The molecule has 1 N–H and O–H groups in total. The highest BCUT2D eigenvalue weighted by molar-refractivity contribution is 5.57. The predicted molar refractivity (Wildman–Crippen MR) is 63.5 cm³/mol. The van der Waals surface area contributed by atoms with Gasteiger partial charge in [0, 0.05) is 17.3 Å². The lowest BCUT2D eigenvalue weighted by atomic mass is 10.1. The molecule has 0 unspecified atom stereocenters. The van der Waals surface area contributed by atoms with Gasteiger partial charge < -0.3 is 10.0 Å². The van der Waals surface area contributed by atoms with Gasteiger partial charge in [-0.25, -0.2) is 4.39 Å². The number of alkyl halides is 3. The molecule has 0 amide bonds. The van der Waals surface area contributed by atoms with Crippen LogP contribution >= 0.6 is 0 Å². The molecule has 2 nitrogen and oxygen atoms in total. The van der Waals surface area contributed by atoms with Crippen molar-refractivity contribution in [3.05, 3.63) is 29.6 Å². The lowest BCUT2D eigenvalue weighted by molar-refractivity contribution is -0.120. The molecule has 0 radical (unpaired) electrons. The van der Waals surface area contributed by atoms with E-state index in [0.29, 0.717) is 12.8 Å². The Balaban J connectivity index is 2.39. The summed E-state index contributed by atoms with van der Waals surface area (Å²) in [5, 5.41) is 9.59. The summed E-state index contributed by atoms with van der Waals surface area (Å²) in [5.41, 5.74) is 0.0634. The Labute approximate surface area is 108 Å². The zero-order valence-corrected chi connectivity index (χ0v) is 10.4. The molecular formula is C13H15F4NO. The van der Waals surface area contributed by atoms with E-state index in [9.17, 15) is 22.7 Å². The van der Waals surface area contributed by atoms with Gasteiger partial charge in [0.1, 0.15) is 12.4 Å². The summed E-state index contributed by atoms with van der Waals surface area (Å²) < 4.78 is 51.6. The third-order valence-electron chi connectivity index (χ3n) is 3.09. The van der Waals surface area contributed by atoms with Gasteiger partial charge in [0.25, 0.3) is 0 Å². The van der Waals surface area contributed by atoms with Gasteiger partial charge in [-0.05, 0) is 31.9 Å². The van der Waals surface area contributed by atoms with Crippen LogP contribution in [-0.2, 0) is 0 Å². The van der Waals surface area contributed by atoms with Gasteiger partial charge in [0.15, 0.2) is 0 Å². The van der Waals surface area contributed by atoms with Crippen molar-refractivity contribution < 1.29 is 22.7 Å². The second-order valence-corrected chi connectivity index (χ2v) is 4.82. The molecule has 0 aliphatic heterocycles. The quantitative estimate of drug-likeness (QED) is 0.852. The molecule has 0 aromatic heterocycles. The second kappa shape index (κ2) is 5.00. The molecule has 0 saturated heterocycles. The molecule has 1 aromatic carbocycles. The second-order valence-electron chi connectivity index (χ2n) is 4.82. The lowest BCUT2D eigenvalue weighted by Gasteiger charge is -2.29. The molecule has 0 heterocycles. The van der Waals surface area contributed by atoms with E-state index in [1.54, 1.807) is 0 Å². The molecule has 106 valence electrons. The van der Waals surface area contributed by atoms with E-state index in [4.69, 9.17) is 0 Å². The molecule has 1 aliphatic carbocycles. The highest BCUT2D eigenvalue weighted by Crippen LogP contribution is 2.38. The fourth-order valence-corrected chi connectivity index (χ4v) is 2.18. The van der Waals surface area contributed by atoms with Crippen LogP contribution in [0.1, 0.15) is 31.4 Å². The van der Waals surface area contributed by atoms with Crippen LogP contribution in [0.5, 0.6) is 0 Å². The number of aliphatic hydroxyl groups is 1. The number of benzene rings is 1. The minimum atomic E-state index is -4.36. The summed E-state index contributed by atoms with van der Waals surface area (Å²) in [5.74, 6) is -0.680. The molecule has 0 spiro atoms. The molecule has 1 atom stereocenters. The number of rotatable bonds is 4. The lowest BCUT2D eigenvalue weighted by Crippen LogP contribution is -2.36. The fraction of sp³-hybridized carbons (Fsp3) is 0.538. The maximum absolute atomic E-state index is 13.7. The van der Waals surface area contributed by atoms with Crippen molar-refractivity contribution >= 4 is 5.69 Å². The Kier molecular flexibility index (Phi) is 3.71. The molecule has 1 fully saturated rings. The number of nitrogens with zero attached hydrogens (tertiary/aromatic N) is 1. The first kappa shape index (κ1) is 14.1. The minimum Gasteiger partial charge on any atom is -0.389 e. The zero-order valence-electron chi connectivity index (χ0n) is 10.4. The fourth-order valence-electron chi connectivity index (χ4n) is 2.18. The summed E-state index contributed by atoms with van der Waals surface area (Å²) in [7, 11) is 0. The first-order valence-corrected chi connectivity index (χ1v) is 6.09. The third kappa shape index (κ3) is 3.37. The van der Waals surface area contributed by atoms with Crippen molar-refractivity contribution in [3.63, 3.8) is 0 Å². The maximum atomic E-state index is 13.7. The number of aliphatic hydroxyl groups excluding tert-OH is 1. The van der Waals surface area contributed by atoms with Gasteiger partial charge in [-0.1, -0.05) is 6.07 Å². The van der Waals surface area contributed by atoms with Gasteiger partial charge in [-0.2, -0.15) is 13.2 Å². The van der Waals surface area contributed by atoms with E-state index in [1.165, 1.54) is 19.1 Å². The monoisotopic (exact) mass is 277 g/mol. The molecular weight excluding hydrogens is 262 g/mol. The van der Waals surface area contributed by atoms with Crippen molar-refractivity contribution in [1.29, 1.82) is 0 Å². The van der Waals surface area contributed by atoms with E-state index in [1.807, 2.05) is 0 Å². The molecule has 1 saturated carbocycles. The Hall–Kier alpha value is -1.30. The van der Waals surface area contributed by atoms with Crippen molar-refractivity contribution in [2.75, 3.05) is 11.4 Å². The van der Waals surface area contributed by atoms with Crippen LogP contribution < -0.4 is 4.90 Å². The standard InChI is InChI=1S/C13H15F4NO/c1-8(19)12-10(14)3-2-4-11(12)18(9-5-6-9)7-13(15,16)17/h2-4,8-9,19H,5-7H2,1H3/t8-/m1/s1. The Morgan fingerprint density at radius 3 is 2.47 bits per heavy atom. The third-order valence-corrected chi connectivity index (χ3v) is 3.09. The smallest absolute Gasteiger partial charge is 0.389 e. The van der Waals surface area contributed by atoms with Crippen LogP contribution in [0.4, 0.5) is 23.2 Å². The summed E-state index contributed by atoms with van der Waals surface area (Å²) in [6.07, 6.45) is -4.19. The predicted octanol–water partition coefficient (Wildman–Crippen LogP) is 3.41. The Bertz CT molecular complexity index is 454. The SMILES string of the molecule is C[C@@H](O)c1c(F)cccc1N(CC(F)(F)F)C1CC1. The average Bonchev–Trinajstić information content (AvgIpc) is 3.07. The summed E-state index contributed by atoms with van der Waals surface area (Å²) >= 11 is 0. The van der Waals surface area contributed by atoms with Gasteiger partial charge in [-0.15, -0.1) is 0 Å². The largest absolute Gasteiger partial charge is 0.405 e. The highest BCUT2D eigenvalue weighted by atomic mass is 19.4. The van der Waals surface area contributed by atoms with Crippen molar-refractivity contribution in [3.8, 4) is 0 Å². The number of anilines is 1. The molecule has 1 aromatic rings. The van der Waals surface area contributed by atoms with Crippen molar-refractivity contribution in [2.45, 2.75) is 38.1 Å². The molecule has 0 bridgehead atoms. The summed E-state index contributed by atoms with van der Waals surface area (Å²) in [4.78, 5) is 1.14. The van der Waals surface area contributed by atoms with E-state index < -0.39 is 24.6 Å². The average molecular weight is 277 g/mol.